The minimum absolute atomic E-state index is 0.112. The lowest BCUT2D eigenvalue weighted by Crippen LogP contribution is -2.38. The van der Waals surface area contributed by atoms with Gasteiger partial charge in [-0.2, -0.15) is 4.37 Å². The zero-order valence-corrected chi connectivity index (χ0v) is 19.0. The lowest BCUT2D eigenvalue weighted by Gasteiger charge is -2.31. The zero-order chi connectivity index (χ0) is 21.6. The summed E-state index contributed by atoms with van der Waals surface area (Å²) in [6, 6.07) is 15.1. The van der Waals surface area contributed by atoms with Crippen LogP contribution in [0.2, 0.25) is 5.02 Å². The Morgan fingerprint density at radius 1 is 1.23 bits per heavy atom. The fourth-order valence-corrected chi connectivity index (χ4v) is 4.67. The first-order valence-electron chi connectivity index (χ1n) is 10.4. The number of hydrogen-bond donors (Lipinski definition) is 1. The standard InChI is InChI=1S/C23H25ClN4O2S/c1-30-18-6-4-5-17(13-18)14-21-26-23(31-27-21)28-11-9-16(10-12-28)15-25-22(29)19-7-2-3-8-20(19)24/h2-8,13,16H,9-12,14-15H2,1H3,(H,25,29). The van der Waals surface area contributed by atoms with Crippen LogP contribution in [0.3, 0.4) is 0 Å². The van der Waals surface area contributed by atoms with Gasteiger partial charge in [0.2, 0.25) is 5.13 Å². The van der Waals surface area contributed by atoms with E-state index in [9.17, 15) is 4.79 Å². The van der Waals surface area contributed by atoms with Crippen molar-refractivity contribution in [3.05, 3.63) is 70.5 Å². The number of amides is 1. The fourth-order valence-electron chi connectivity index (χ4n) is 3.72. The number of piperidine rings is 1. The summed E-state index contributed by atoms with van der Waals surface area (Å²) in [4.78, 5) is 19.4. The Morgan fingerprint density at radius 2 is 2.03 bits per heavy atom. The third-order valence-corrected chi connectivity index (χ3v) is 6.65. The molecule has 2 aromatic carbocycles. The molecule has 4 rings (SSSR count). The van der Waals surface area contributed by atoms with Gasteiger partial charge in [-0.1, -0.05) is 35.9 Å². The number of anilines is 1. The summed E-state index contributed by atoms with van der Waals surface area (Å²) >= 11 is 7.56. The summed E-state index contributed by atoms with van der Waals surface area (Å²) in [7, 11) is 1.67. The summed E-state index contributed by atoms with van der Waals surface area (Å²) in [6.07, 6.45) is 2.71. The number of halogens is 1. The van der Waals surface area contributed by atoms with Crippen molar-refractivity contribution in [3.8, 4) is 5.75 Å². The molecule has 1 amide bonds. The SMILES string of the molecule is COc1cccc(Cc2nsc(N3CCC(CNC(=O)c4ccccc4Cl)CC3)n2)c1. The van der Waals surface area contributed by atoms with Crippen LogP contribution in [-0.4, -0.2) is 42.0 Å². The monoisotopic (exact) mass is 456 g/mol. The summed E-state index contributed by atoms with van der Waals surface area (Å²) in [5, 5.41) is 4.48. The first-order chi connectivity index (χ1) is 15.1. The Balaban J connectivity index is 1.26. The molecule has 162 valence electrons. The van der Waals surface area contributed by atoms with E-state index in [-0.39, 0.29) is 5.91 Å². The van der Waals surface area contributed by atoms with Gasteiger partial charge in [-0.15, -0.1) is 0 Å². The number of hydrogen-bond acceptors (Lipinski definition) is 6. The third-order valence-electron chi connectivity index (χ3n) is 5.51. The largest absolute Gasteiger partial charge is 0.497 e. The molecule has 1 saturated heterocycles. The molecule has 2 heterocycles. The van der Waals surface area contributed by atoms with Crippen molar-refractivity contribution in [2.24, 2.45) is 5.92 Å². The van der Waals surface area contributed by atoms with Crippen molar-refractivity contribution >= 4 is 34.2 Å². The molecular formula is C23H25ClN4O2S. The van der Waals surface area contributed by atoms with E-state index in [1.807, 2.05) is 30.3 Å². The number of carbonyl (C=O) groups excluding carboxylic acids is 1. The summed E-state index contributed by atoms with van der Waals surface area (Å²) in [5.74, 6) is 2.02. The first kappa shape index (κ1) is 21.6. The van der Waals surface area contributed by atoms with Crippen molar-refractivity contribution in [1.82, 2.24) is 14.7 Å². The maximum Gasteiger partial charge on any atom is 0.252 e. The van der Waals surface area contributed by atoms with E-state index in [1.165, 1.54) is 11.5 Å². The normalized spacial score (nSPS) is 14.5. The lowest BCUT2D eigenvalue weighted by atomic mass is 9.97. The summed E-state index contributed by atoms with van der Waals surface area (Å²) in [5.41, 5.74) is 1.66. The Labute approximate surface area is 191 Å². The summed E-state index contributed by atoms with van der Waals surface area (Å²) < 4.78 is 9.83. The molecule has 0 aliphatic carbocycles. The second kappa shape index (κ2) is 10.1. The molecule has 6 nitrogen and oxygen atoms in total. The maximum absolute atomic E-state index is 12.4. The molecule has 3 aromatic rings. The number of nitrogens with zero attached hydrogens (tertiary/aromatic N) is 3. The molecule has 0 atom stereocenters. The Morgan fingerprint density at radius 3 is 2.81 bits per heavy atom. The van der Waals surface area contributed by atoms with E-state index in [1.54, 1.807) is 19.2 Å². The molecule has 1 N–H and O–H groups in total. The van der Waals surface area contributed by atoms with Crippen LogP contribution in [-0.2, 0) is 6.42 Å². The molecule has 0 unspecified atom stereocenters. The van der Waals surface area contributed by atoms with E-state index < -0.39 is 0 Å². The van der Waals surface area contributed by atoms with Crippen LogP contribution in [0.25, 0.3) is 0 Å². The molecule has 8 heteroatoms. The Bertz CT molecular complexity index is 1030. The van der Waals surface area contributed by atoms with Gasteiger partial charge in [0.1, 0.15) is 11.6 Å². The molecule has 1 fully saturated rings. The van der Waals surface area contributed by atoms with Crippen LogP contribution in [0.15, 0.2) is 48.5 Å². The molecular weight excluding hydrogens is 432 g/mol. The van der Waals surface area contributed by atoms with Crippen LogP contribution in [0.5, 0.6) is 5.75 Å². The predicted octanol–water partition coefficient (Wildman–Crippen LogP) is 4.44. The lowest BCUT2D eigenvalue weighted by molar-refractivity contribution is 0.0945. The number of carbonyl (C=O) groups is 1. The van der Waals surface area contributed by atoms with E-state index in [4.69, 9.17) is 21.3 Å². The highest BCUT2D eigenvalue weighted by molar-refractivity contribution is 7.09. The highest BCUT2D eigenvalue weighted by atomic mass is 35.5. The van der Waals surface area contributed by atoms with Gasteiger partial charge < -0.3 is 15.0 Å². The maximum atomic E-state index is 12.4. The Hall–Kier alpha value is -2.64. The molecule has 0 saturated carbocycles. The van der Waals surface area contributed by atoms with Gasteiger partial charge in [0.05, 0.1) is 17.7 Å². The van der Waals surface area contributed by atoms with Crippen LogP contribution < -0.4 is 15.0 Å². The van der Waals surface area contributed by atoms with Gasteiger partial charge in [-0.3, -0.25) is 4.79 Å². The van der Waals surface area contributed by atoms with Crippen molar-refractivity contribution in [3.63, 3.8) is 0 Å². The smallest absolute Gasteiger partial charge is 0.252 e. The topological polar surface area (TPSA) is 67.3 Å². The Kier molecular flexibility index (Phi) is 7.04. The molecule has 1 aliphatic heterocycles. The van der Waals surface area contributed by atoms with Gasteiger partial charge >= 0.3 is 0 Å². The minimum atomic E-state index is -0.112. The number of methoxy groups -OCH3 is 1. The highest BCUT2D eigenvalue weighted by Gasteiger charge is 2.22. The van der Waals surface area contributed by atoms with E-state index >= 15 is 0 Å². The van der Waals surface area contributed by atoms with Crippen LogP contribution in [0, 0.1) is 5.92 Å². The molecule has 0 spiro atoms. The van der Waals surface area contributed by atoms with Crippen LogP contribution >= 0.6 is 23.1 Å². The van der Waals surface area contributed by atoms with Gasteiger partial charge in [0.25, 0.3) is 5.91 Å². The van der Waals surface area contributed by atoms with Crippen molar-refractivity contribution in [1.29, 1.82) is 0 Å². The number of nitrogens with one attached hydrogen (secondary N) is 1. The zero-order valence-electron chi connectivity index (χ0n) is 17.4. The predicted molar refractivity (Wildman–Crippen MR) is 124 cm³/mol. The fraction of sp³-hybridized carbons (Fsp3) is 0.348. The van der Waals surface area contributed by atoms with Crippen molar-refractivity contribution in [2.45, 2.75) is 19.3 Å². The number of ether oxygens (including phenoxy) is 1. The average Bonchev–Trinajstić information content (AvgIpc) is 3.26. The van der Waals surface area contributed by atoms with Gasteiger partial charge in [0, 0.05) is 37.6 Å². The van der Waals surface area contributed by atoms with Gasteiger partial charge in [0.15, 0.2) is 0 Å². The van der Waals surface area contributed by atoms with Crippen LogP contribution in [0.1, 0.15) is 34.6 Å². The van der Waals surface area contributed by atoms with E-state index in [0.717, 1.165) is 48.2 Å². The molecule has 31 heavy (non-hydrogen) atoms. The second-order valence-electron chi connectivity index (χ2n) is 7.64. The van der Waals surface area contributed by atoms with Crippen molar-refractivity contribution in [2.75, 3.05) is 31.6 Å². The summed E-state index contributed by atoms with van der Waals surface area (Å²) in [6.45, 7) is 2.50. The highest BCUT2D eigenvalue weighted by Crippen LogP contribution is 2.26. The number of rotatable bonds is 7. The first-order valence-corrected chi connectivity index (χ1v) is 11.5. The quantitative estimate of drug-likeness (QED) is 0.569. The van der Waals surface area contributed by atoms with Crippen LogP contribution in [0.4, 0.5) is 5.13 Å². The van der Waals surface area contributed by atoms with Gasteiger partial charge in [-0.05, 0) is 48.6 Å². The minimum Gasteiger partial charge on any atom is -0.497 e. The average molecular weight is 457 g/mol. The molecule has 0 bridgehead atoms. The molecule has 0 radical (unpaired) electrons. The second-order valence-corrected chi connectivity index (χ2v) is 8.78. The van der Waals surface area contributed by atoms with E-state index in [0.29, 0.717) is 29.5 Å². The van der Waals surface area contributed by atoms with E-state index in [2.05, 4.69) is 20.7 Å². The number of aromatic nitrogens is 2. The van der Waals surface area contributed by atoms with Crippen molar-refractivity contribution < 1.29 is 9.53 Å². The molecule has 1 aromatic heterocycles. The van der Waals surface area contributed by atoms with Gasteiger partial charge in [-0.25, -0.2) is 4.98 Å². The third kappa shape index (κ3) is 5.54. The number of benzene rings is 2. The molecule has 1 aliphatic rings.